The molecule has 0 aromatic carbocycles. The van der Waals surface area contributed by atoms with Crippen molar-refractivity contribution in [2.75, 3.05) is 13.2 Å². The summed E-state index contributed by atoms with van der Waals surface area (Å²) in [4.78, 5) is 22.5. The maximum atomic E-state index is 12.5. The number of nitrogens with zero attached hydrogens (tertiary/aromatic N) is 3. The van der Waals surface area contributed by atoms with Crippen LogP contribution in [-0.4, -0.2) is 58.0 Å². The van der Waals surface area contributed by atoms with E-state index >= 15 is 0 Å². The van der Waals surface area contributed by atoms with E-state index in [0.717, 1.165) is 0 Å². The van der Waals surface area contributed by atoms with Crippen LogP contribution in [0.5, 0.6) is 5.88 Å². The molecule has 1 amide bonds. The molecule has 2 bridgehead atoms. The minimum atomic E-state index is -0.501. The number of hydrogen-bond acceptors (Lipinski definition) is 6. The Balaban J connectivity index is 1.67. The number of carbonyl (C=O) groups is 1. The van der Waals surface area contributed by atoms with E-state index < -0.39 is 5.60 Å². The third kappa shape index (κ3) is 3.90. The molecular formula is C16H23N3O4. The molecular weight excluding hydrogens is 298 g/mol. The van der Waals surface area contributed by atoms with Crippen molar-refractivity contribution in [1.29, 1.82) is 0 Å². The van der Waals surface area contributed by atoms with Crippen LogP contribution in [0.4, 0.5) is 4.79 Å². The SMILES string of the molecule is CC(C)(C)OC(=O)N1[C@H]2COC[C@H]1CC(Oc1cnccn1)C2. The van der Waals surface area contributed by atoms with Crippen LogP contribution in [0.25, 0.3) is 0 Å². The molecule has 3 rings (SSSR count). The fraction of sp³-hybridized carbons (Fsp3) is 0.688. The zero-order valence-corrected chi connectivity index (χ0v) is 13.8. The molecule has 1 aromatic heterocycles. The summed E-state index contributed by atoms with van der Waals surface area (Å²) in [7, 11) is 0. The zero-order valence-electron chi connectivity index (χ0n) is 13.8. The summed E-state index contributed by atoms with van der Waals surface area (Å²) < 4.78 is 17.1. The van der Waals surface area contributed by atoms with Crippen LogP contribution in [0.15, 0.2) is 18.6 Å². The number of aromatic nitrogens is 2. The first-order chi connectivity index (χ1) is 10.9. The quantitative estimate of drug-likeness (QED) is 0.830. The molecule has 0 saturated carbocycles. The molecule has 2 aliphatic rings. The normalized spacial score (nSPS) is 27.4. The number of piperidine rings is 1. The van der Waals surface area contributed by atoms with Gasteiger partial charge in [-0.25, -0.2) is 9.78 Å². The van der Waals surface area contributed by atoms with Gasteiger partial charge in [0.15, 0.2) is 0 Å². The van der Waals surface area contributed by atoms with Crippen molar-refractivity contribution in [2.24, 2.45) is 0 Å². The lowest BCUT2D eigenvalue weighted by Crippen LogP contribution is -2.61. The van der Waals surface area contributed by atoms with Crippen LogP contribution < -0.4 is 4.74 Å². The number of morpholine rings is 1. The first-order valence-electron chi connectivity index (χ1n) is 7.94. The van der Waals surface area contributed by atoms with E-state index in [9.17, 15) is 4.79 Å². The second-order valence-electron chi connectivity index (χ2n) is 6.99. The molecule has 2 aliphatic heterocycles. The van der Waals surface area contributed by atoms with E-state index in [4.69, 9.17) is 14.2 Å². The standard InChI is InChI=1S/C16H23N3O4/c1-16(2,3)23-15(20)19-11-6-13(7-12(19)10-21-9-11)22-14-8-17-4-5-18-14/h4-5,8,11-13H,6-7,9-10H2,1-3H3/t11-,12-/m1/s1. The predicted molar refractivity (Wildman–Crippen MR) is 82.2 cm³/mol. The topological polar surface area (TPSA) is 73.8 Å². The summed E-state index contributed by atoms with van der Waals surface area (Å²) in [5, 5.41) is 0. The molecule has 0 N–H and O–H groups in total. The van der Waals surface area contributed by atoms with Crippen LogP contribution in [-0.2, 0) is 9.47 Å². The summed E-state index contributed by atoms with van der Waals surface area (Å²) in [5.74, 6) is 0.516. The number of carbonyl (C=O) groups excluding carboxylic acids is 1. The van der Waals surface area contributed by atoms with Crippen molar-refractivity contribution in [3.8, 4) is 5.88 Å². The average molecular weight is 321 g/mol. The van der Waals surface area contributed by atoms with Gasteiger partial charge in [-0.2, -0.15) is 0 Å². The molecule has 2 atom stereocenters. The van der Waals surface area contributed by atoms with Crippen LogP contribution >= 0.6 is 0 Å². The van der Waals surface area contributed by atoms with Gasteiger partial charge in [0, 0.05) is 25.2 Å². The Morgan fingerprint density at radius 3 is 2.52 bits per heavy atom. The minimum absolute atomic E-state index is 0.00397. The molecule has 3 heterocycles. The predicted octanol–water partition coefficient (Wildman–Crippen LogP) is 2.02. The third-order valence-electron chi connectivity index (χ3n) is 3.91. The van der Waals surface area contributed by atoms with Crippen LogP contribution in [0.2, 0.25) is 0 Å². The lowest BCUT2D eigenvalue weighted by molar-refractivity contribution is -0.0998. The largest absolute Gasteiger partial charge is 0.473 e. The second kappa shape index (κ2) is 6.31. The van der Waals surface area contributed by atoms with Crippen molar-refractivity contribution in [2.45, 2.75) is 57.4 Å². The summed E-state index contributed by atoms with van der Waals surface area (Å²) in [6, 6.07) is -0.0574. The Bertz CT molecular complexity index is 532. The summed E-state index contributed by atoms with van der Waals surface area (Å²) in [6.07, 6.45) is 5.96. The summed E-state index contributed by atoms with van der Waals surface area (Å²) >= 11 is 0. The molecule has 126 valence electrons. The number of rotatable bonds is 2. The molecule has 7 nitrogen and oxygen atoms in total. The smallest absolute Gasteiger partial charge is 0.410 e. The van der Waals surface area contributed by atoms with Gasteiger partial charge in [-0.15, -0.1) is 0 Å². The second-order valence-corrected chi connectivity index (χ2v) is 6.99. The Kier molecular flexibility index (Phi) is 4.39. The Morgan fingerprint density at radius 1 is 1.26 bits per heavy atom. The van der Waals surface area contributed by atoms with Gasteiger partial charge >= 0.3 is 6.09 Å². The first kappa shape index (κ1) is 16.0. The number of hydrogen-bond donors (Lipinski definition) is 0. The van der Waals surface area contributed by atoms with Gasteiger partial charge in [0.05, 0.1) is 31.5 Å². The van der Waals surface area contributed by atoms with Crippen molar-refractivity contribution in [1.82, 2.24) is 14.9 Å². The lowest BCUT2D eigenvalue weighted by Gasteiger charge is -2.47. The van der Waals surface area contributed by atoms with Crippen LogP contribution in [0, 0.1) is 0 Å². The number of ether oxygens (including phenoxy) is 3. The highest BCUT2D eigenvalue weighted by Gasteiger charge is 2.44. The molecule has 23 heavy (non-hydrogen) atoms. The maximum Gasteiger partial charge on any atom is 0.410 e. The molecule has 0 aliphatic carbocycles. The Labute approximate surface area is 136 Å². The zero-order chi connectivity index (χ0) is 16.4. The summed E-state index contributed by atoms with van der Waals surface area (Å²) in [6.45, 7) is 6.65. The van der Waals surface area contributed by atoms with Crippen molar-refractivity contribution in [3.05, 3.63) is 18.6 Å². The van der Waals surface area contributed by atoms with E-state index in [0.29, 0.717) is 31.9 Å². The Hall–Kier alpha value is -1.89. The molecule has 0 unspecified atom stereocenters. The van der Waals surface area contributed by atoms with Crippen molar-refractivity contribution in [3.63, 3.8) is 0 Å². The molecule has 1 aromatic rings. The van der Waals surface area contributed by atoms with Crippen molar-refractivity contribution < 1.29 is 19.0 Å². The van der Waals surface area contributed by atoms with Crippen molar-refractivity contribution >= 4 is 6.09 Å². The van der Waals surface area contributed by atoms with E-state index in [2.05, 4.69) is 9.97 Å². The fourth-order valence-corrected chi connectivity index (χ4v) is 3.09. The van der Waals surface area contributed by atoms with Gasteiger partial charge in [-0.1, -0.05) is 0 Å². The highest BCUT2D eigenvalue weighted by molar-refractivity contribution is 5.69. The van der Waals surface area contributed by atoms with Crippen LogP contribution in [0.3, 0.4) is 0 Å². The van der Waals surface area contributed by atoms with E-state index in [1.54, 1.807) is 18.6 Å². The van der Waals surface area contributed by atoms with Gasteiger partial charge in [0.1, 0.15) is 11.7 Å². The van der Waals surface area contributed by atoms with Gasteiger partial charge in [-0.3, -0.25) is 9.88 Å². The molecule has 0 spiro atoms. The fourth-order valence-electron chi connectivity index (χ4n) is 3.09. The molecule has 7 heteroatoms. The van der Waals surface area contributed by atoms with Gasteiger partial charge in [-0.05, 0) is 20.8 Å². The van der Waals surface area contributed by atoms with Gasteiger partial charge in [0.2, 0.25) is 5.88 Å². The molecule has 0 radical (unpaired) electrons. The molecule has 2 fully saturated rings. The number of amides is 1. The Morgan fingerprint density at radius 2 is 1.96 bits per heavy atom. The highest BCUT2D eigenvalue weighted by Crippen LogP contribution is 2.31. The first-order valence-corrected chi connectivity index (χ1v) is 7.94. The lowest BCUT2D eigenvalue weighted by atomic mass is 9.92. The molecule has 2 saturated heterocycles. The van der Waals surface area contributed by atoms with E-state index in [1.807, 2.05) is 25.7 Å². The van der Waals surface area contributed by atoms with E-state index in [-0.39, 0.29) is 24.3 Å². The maximum absolute atomic E-state index is 12.5. The monoisotopic (exact) mass is 321 g/mol. The van der Waals surface area contributed by atoms with Gasteiger partial charge in [0.25, 0.3) is 0 Å². The highest BCUT2D eigenvalue weighted by atomic mass is 16.6. The third-order valence-corrected chi connectivity index (χ3v) is 3.91. The van der Waals surface area contributed by atoms with E-state index in [1.165, 1.54) is 0 Å². The van der Waals surface area contributed by atoms with Crippen LogP contribution in [0.1, 0.15) is 33.6 Å². The average Bonchev–Trinajstić information content (AvgIpc) is 2.45. The van der Waals surface area contributed by atoms with Gasteiger partial charge < -0.3 is 14.2 Å². The number of fused-ring (bicyclic) bond motifs is 2. The minimum Gasteiger partial charge on any atom is -0.473 e. The summed E-state index contributed by atoms with van der Waals surface area (Å²) in [5.41, 5.74) is -0.501.